The second kappa shape index (κ2) is 5.54. The van der Waals surface area contributed by atoms with Gasteiger partial charge in [0.25, 0.3) is 5.91 Å². The van der Waals surface area contributed by atoms with E-state index in [1.54, 1.807) is 6.07 Å². The summed E-state index contributed by atoms with van der Waals surface area (Å²) >= 11 is 0. The zero-order chi connectivity index (χ0) is 13.9. The molecule has 0 N–H and O–H groups in total. The fourth-order valence-corrected chi connectivity index (χ4v) is 2.12. The fourth-order valence-electron chi connectivity index (χ4n) is 1.76. The van der Waals surface area contributed by atoms with Crippen LogP contribution in [0.2, 0.25) is 0 Å². The van der Waals surface area contributed by atoms with E-state index in [2.05, 4.69) is 4.18 Å². The van der Waals surface area contributed by atoms with Crippen LogP contribution >= 0.6 is 0 Å². The van der Waals surface area contributed by atoms with Crippen molar-refractivity contribution in [1.82, 2.24) is 4.90 Å². The van der Waals surface area contributed by atoms with Crippen molar-refractivity contribution in [3.05, 3.63) is 29.8 Å². The van der Waals surface area contributed by atoms with Crippen molar-refractivity contribution in [2.75, 3.05) is 26.3 Å². The van der Waals surface area contributed by atoms with E-state index in [0.29, 0.717) is 26.3 Å². The fraction of sp³-hybridized carbons (Fsp3) is 0.364. The summed E-state index contributed by atoms with van der Waals surface area (Å²) in [5, 5.41) is 0. The maximum absolute atomic E-state index is 12.6. The van der Waals surface area contributed by atoms with E-state index in [9.17, 15) is 17.1 Å². The maximum Gasteiger partial charge on any atom is 0.488 e. The van der Waals surface area contributed by atoms with Gasteiger partial charge in [0.05, 0.1) is 18.8 Å². The number of carbonyl (C=O) groups excluding carboxylic acids is 1. The monoisotopic (exact) mass is 289 g/mol. The van der Waals surface area contributed by atoms with Crippen LogP contribution in [0.25, 0.3) is 0 Å². The van der Waals surface area contributed by atoms with Gasteiger partial charge in [0.15, 0.2) is 5.75 Å². The molecule has 8 heteroatoms. The molecular weight excluding hydrogens is 277 g/mol. The molecular formula is C11H12FNO5S. The Morgan fingerprint density at radius 1 is 1.26 bits per heavy atom. The van der Waals surface area contributed by atoms with Crippen LogP contribution in [-0.2, 0) is 15.2 Å². The van der Waals surface area contributed by atoms with Crippen molar-refractivity contribution >= 4 is 16.4 Å². The minimum absolute atomic E-state index is 0.00521. The number of morpholine rings is 1. The van der Waals surface area contributed by atoms with Crippen LogP contribution in [0.15, 0.2) is 24.3 Å². The van der Waals surface area contributed by atoms with Crippen LogP contribution in [0, 0.1) is 0 Å². The Morgan fingerprint density at radius 3 is 2.53 bits per heavy atom. The van der Waals surface area contributed by atoms with E-state index in [1.165, 1.54) is 23.1 Å². The predicted molar refractivity (Wildman–Crippen MR) is 63.8 cm³/mol. The van der Waals surface area contributed by atoms with Gasteiger partial charge < -0.3 is 13.8 Å². The Kier molecular flexibility index (Phi) is 4.01. The summed E-state index contributed by atoms with van der Waals surface area (Å²) in [5.41, 5.74) is 0.00521. The minimum Gasteiger partial charge on any atom is -0.378 e. The summed E-state index contributed by atoms with van der Waals surface area (Å²) in [6.07, 6.45) is 0. The zero-order valence-electron chi connectivity index (χ0n) is 9.91. The lowest BCUT2D eigenvalue weighted by Crippen LogP contribution is -2.40. The first kappa shape index (κ1) is 13.8. The number of halogens is 1. The molecule has 6 nitrogen and oxygen atoms in total. The molecule has 0 aliphatic carbocycles. The molecule has 104 valence electrons. The lowest BCUT2D eigenvalue weighted by Gasteiger charge is -2.27. The van der Waals surface area contributed by atoms with Gasteiger partial charge in [-0.25, -0.2) is 0 Å². The van der Waals surface area contributed by atoms with E-state index in [-0.39, 0.29) is 11.3 Å². The molecule has 0 aromatic heterocycles. The van der Waals surface area contributed by atoms with Crippen molar-refractivity contribution in [2.45, 2.75) is 0 Å². The average Bonchev–Trinajstić information content (AvgIpc) is 2.38. The van der Waals surface area contributed by atoms with Crippen LogP contribution < -0.4 is 4.18 Å². The number of hydrogen-bond acceptors (Lipinski definition) is 5. The van der Waals surface area contributed by atoms with E-state index in [0.717, 1.165) is 0 Å². The van der Waals surface area contributed by atoms with Gasteiger partial charge >= 0.3 is 10.5 Å². The Morgan fingerprint density at radius 2 is 1.89 bits per heavy atom. The Bertz CT molecular complexity index is 568. The molecule has 1 fully saturated rings. The first-order chi connectivity index (χ1) is 8.97. The molecule has 0 atom stereocenters. The highest BCUT2D eigenvalue weighted by Gasteiger charge is 2.23. The number of para-hydroxylation sites is 1. The molecule has 1 amide bonds. The highest BCUT2D eigenvalue weighted by atomic mass is 32.3. The third-order valence-corrected chi connectivity index (χ3v) is 2.98. The smallest absolute Gasteiger partial charge is 0.378 e. The van der Waals surface area contributed by atoms with Gasteiger partial charge in [-0.2, -0.15) is 8.42 Å². The Hall–Kier alpha value is -1.67. The topological polar surface area (TPSA) is 72.9 Å². The second-order valence-electron chi connectivity index (χ2n) is 3.88. The molecule has 1 heterocycles. The molecule has 0 bridgehead atoms. The van der Waals surface area contributed by atoms with Crippen LogP contribution in [0.5, 0.6) is 5.75 Å². The molecule has 1 aliphatic heterocycles. The maximum atomic E-state index is 12.6. The minimum atomic E-state index is -5.16. The van der Waals surface area contributed by atoms with E-state index in [4.69, 9.17) is 4.74 Å². The first-order valence-corrected chi connectivity index (χ1v) is 6.88. The van der Waals surface area contributed by atoms with Gasteiger partial charge in [0, 0.05) is 13.1 Å². The van der Waals surface area contributed by atoms with Gasteiger partial charge in [-0.3, -0.25) is 4.79 Å². The van der Waals surface area contributed by atoms with Crippen molar-refractivity contribution in [3.63, 3.8) is 0 Å². The number of amides is 1. The van der Waals surface area contributed by atoms with Gasteiger partial charge in [-0.15, -0.1) is 0 Å². The average molecular weight is 289 g/mol. The molecule has 1 aromatic carbocycles. The third kappa shape index (κ3) is 3.65. The summed E-state index contributed by atoms with van der Waals surface area (Å²) < 4.78 is 42.9. The van der Waals surface area contributed by atoms with Crippen molar-refractivity contribution in [2.24, 2.45) is 0 Å². The molecule has 0 unspecified atom stereocenters. The number of carbonyl (C=O) groups is 1. The number of ether oxygens (including phenoxy) is 1. The Balaban J connectivity index is 2.26. The van der Waals surface area contributed by atoms with Crippen molar-refractivity contribution in [3.8, 4) is 5.75 Å². The normalized spacial score (nSPS) is 16.2. The van der Waals surface area contributed by atoms with Gasteiger partial charge in [0.2, 0.25) is 0 Å². The predicted octanol–water partition coefficient (Wildman–Crippen LogP) is 0.752. The van der Waals surface area contributed by atoms with Crippen molar-refractivity contribution < 1.29 is 26.0 Å². The molecule has 0 spiro atoms. The molecule has 1 saturated heterocycles. The van der Waals surface area contributed by atoms with Gasteiger partial charge in [0.1, 0.15) is 0 Å². The number of hydrogen-bond donors (Lipinski definition) is 0. The first-order valence-electron chi connectivity index (χ1n) is 5.57. The highest BCUT2D eigenvalue weighted by molar-refractivity contribution is 7.81. The van der Waals surface area contributed by atoms with Crippen LogP contribution in [0.3, 0.4) is 0 Å². The van der Waals surface area contributed by atoms with Crippen LogP contribution in [-0.4, -0.2) is 45.5 Å². The largest absolute Gasteiger partial charge is 0.488 e. The van der Waals surface area contributed by atoms with Crippen molar-refractivity contribution in [1.29, 1.82) is 0 Å². The van der Waals surface area contributed by atoms with Gasteiger partial charge in [-0.05, 0) is 12.1 Å². The van der Waals surface area contributed by atoms with Gasteiger partial charge in [-0.1, -0.05) is 16.0 Å². The summed E-state index contributed by atoms with van der Waals surface area (Å²) in [6.45, 7) is 1.62. The standard InChI is InChI=1S/C11H12FNO5S/c12-19(15,16)18-10-4-2-1-3-9(10)11(14)13-5-7-17-8-6-13/h1-4H,5-8H2. The lowest BCUT2D eigenvalue weighted by atomic mass is 10.1. The molecule has 1 aliphatic rings. The molecule has 1 aromatic rings. The number of nitrogens with zero attached hydrogens (tertiary/aromatic N) is 1. The third-order valence-electron chi connectivity index (χ3n) is 2.61. The SMILES string of the molecule is O=C(c1ccccc1OS(=O)(=O)F)N1CCOCC1. The Labute approximate surface area is 110 Å². The van der Waals surface area contributed by atoms with Crippen LogP contribution in [0.4, 0.5) is 3.89 Å². The molecule has 0 saturated carbocycles. The summed E-state index contributed by atoms with van der Waals surface area (Å²) in [4.78, 5) is 13.7. The second-order valence-corrected chi connectivity index (χ2v) is 4.83. The van der Waals surface area contributed by atoms with Crippen LogP contribution in [0.1, 0.15) is 10.4 Å². The quantitative estimate of drug-likeness (QED) is 0.768. The highest BCUT2D eigenvalue weighted by Crippen LogP contribution is 2.22. The lowest BCUT2D eigenvalue weighted by molar-refractivity contribution is 0.0301. The molecule has 2 rings (SSSR count). The van der Waals surface area contributed by atoms with E-state index >= 15 is 0 Å². The molecule has 19 heavy (non-hydrogen) atoms. The summed E-state index contributed by atoms with van der Waals surface area (Å²) in [5.74, 6) is -0.732. The summed E-state index contributed by atoms with van der Waals surface area (Å²) in [7, 11) is -5.16. The summed E-state index contributed by atoms with van der Waals surface area (Å²) in [6, 6.07) is 5.62. The molecule has 0 radical (unpaired) electrons. The van der Waals surface area contributed by atoms with E-state index in [1.807, 2.05) is 0 Å². The van der Waals surface area contributed by atoms with E-state index < -0.39 is 16.4 Å². The number of benzene rings is 1. The zero-order valence-corrected chi connectivity index (χ0v) is 10.7. The number of rotatable bonds is 3.